The molecule has 1 unspecified atom stereocenters. The van der Waals surface area contributed by atoms with Crippen LogP contribution in [-0.4, -0.2) is 23.8 Å². The molecule has 1 atom stereocenters. The van der Waals surface area contributed by atoms with Gasteiger partial charge in [-0.15, -0.1) is 0 Å². The maximum atomic E-state index is 13.0. The lowest BCUT2D eigenvalue weighted by Gasteiger charge is -2.38. The van der Waals surface area contributed by atoms with Gasteiger partial charge in [0.1, 0.15) is 6.04 Å². The predicted octanol–water partition coefficient (Wildman–Crippen LogP) is 2.02. The topological polar surface area (TPSA) is 66.5 Å². The molecule has 0 radical (unpaired) electrons. The van der Waals surface area contributed by atoms with Crippen LogP contribution in [0.25, 0.3) is 0 Å². The molecule has 3 aliphatic rings. The predicted molar refractivity (Wildman–Crippen MR) is 83.3 cm³/mol. The number of nitrogens with one attached hydrogen (secondary N) is 1. The summed E-state index contributed by atoms with van der Waals surface area (Å²) >= 11 is 3.47. The third-order valence-electron chi connectivity index (χ3n) is 5.09. The standard InChI is InChI=1S/C16H15BrN2O3/c17-9-2-3-11-10(8-9)16(6-1-7-16)15(22)19(11)12-4-5-13(20)18-14(12)21/h2-3,8,12H,1,4-7H2,(H,18,20,21). The molecule has 6 heteroatoms. The molecule has 1 saturated heterocycles. The zero-order valence-corrected chi connectivity index (χ0v) is 13.5. The van der Waals surface area contributed by atoms with Crippen molar-refractivity contribution in [3.05, 3.63) is 28.2 Å². The second-order valence-electron chi connectivity index (χ2n) is 6.24. The Morgan fingerprint density at radius 2 is 2.00 bits per heavy atom. The molecule has 1 aromatic carbocycles. The van der Waals surface area contributed by atoms with E-state index in [1.165, 1.54) is 0 Å². The number of rotatable bonds is 1. The van der Waals surface area contributed by atoms with Gasteiger partial charge in [-0.05, 0) is 43.0 Å². The number of piperidine rings is 1. The van der Waals surface area contributed by atoms with Gasteiger partial charge in [-0.1, -0.05) is 22.4 Å². The number of hydrogen-bond acceptors (Lipinski definition) is 3. The van der Waals surface area contributed by atoms with Gasteiger partial charge in [0.15, 0.2) is 0 Å². The van der Waals surface area contributed by atoms with E-state index in [-0.39, 0.29) is 24.1 Å². The van der Waals surface area contributed by atoms with Crippen LogP contribution in [0.1, 0.15) is 37.7 Å². The molecule has 4 rings (SSSR count). The van der Waals surface area contributed by atoms with Crippen molar-refractivity contribution in [1.82, 2.24) is 5.32 Å². The van der Waals surface area contributed by atoms with Crippen LogP contribution in [0.2, 0.25) is 0 Å². The number of halogens is 1. The average Bonchev–Trinajstić information content (AvgIpc) is 2.67. The monoisotopic (exact) mass is 362 g/mol. The minimum atomic E-state index is -0.579. The molecule has 1 aliphatic carbocycles. The molecular formula is C16H15BrN2O3. The Hall–Kier alpha value is -1.69. The summed E-state index contributed by atoms with van der Waals surface area (Å²) in [4.78, 5) is 38.2. The fraction of sp³-hybridized carbons (Fsp3) is 0.438. The Morgan fingerprint density at radius 1 is 1.23 bits per heavy atom. The van der Waals surface area contributed by atoms with E-state index in [2.05, 4.69) is 21.2 Å². The SMILES string of the molecule is O=C1CCC(N2C(=O)C3(CCC3)c3cc(Br)ccc32)C(=O)N1. The highest BCUT2D eigenvalue weighted by atomic mass is 79.9. The molecule has 1 N–H and O–H groups in total. The number of nitrogens with zero attached hydrogens (tertiary/aromatic N) is 1. The van der Waals surface area contributed by atoms with Crippen LogP contribution in [0.3, 0.4) is 0 Å². The van der Waals surface area contributed by atoms with Crippen molar-refractivity contribution in [2.45, 2.75) is 43.6 Å². The lowest BCUT2D eigenvalue weighted by atomic mass is 9.65. The zero-order chi connectivity index (χ0) is 15.5. The molecule has 1 spiro atoms. The Balaban J connectivity index is 1.80. The van der Waals surface area contributed by atoms with Crippen molar-refractivity contribution in [3.63, 3.8) is 0 Å². The number of benzene rings is 1. The van der Waals surface area contributed by atoms with Crippen molar-refractivity contribution in [1.29, 1.82) is 0 Å². The number of hydrogen-bond donors (Lipinski definition) is 1. The van der Waals surface area contributed by atoms with Gasteiger partial charge < -0.3 is 0 Å². The highest BCUT2D eigenvalue weighted by Gasteiger charge is 2.56. The van der Waals surface area contributed by atoms with Crippen LogP contribution in [0.15, 0.2) is 22.7 Å². The highest BCUT2D eigenvalue weighted by molar-refractivity contribution is 9.10. The Morgan fingerprint density at radius 3 is 2.64 bits per heavy atom. The van der Waals surface area contributed by atoms with Gasteiger partial charge in [0.05, 0.1) is 5.41 Å². The number of carbonyl (C=O) groups excluding carboxylic acids is 3. The average molecular weight is 363 g/mol. The first-order valence-electron chi connectivity index (χ1n) is 7.50. The van der Waals surface area contributed by atoms with Gasteiger partial charge in [-0.2, -0.15) is 0 Å². The maximum Gasteiger partial charge on any atom is 0.249 e. The maximum absolute atomic E-state index is 13.0. The molecule has 5 nitrogen and oxygen atoms in total. The first kappa shape index (κ1) is 13.9. The molecular weight excluding hydrogens is 348 g/mol. The van der Waals surface area contributed by atoms with Gasteiger partial charge in [-0.3, -0.25) is 24.6 Å². The van der Waals surface area contributed by atoms with Gasteiger partial charge in [0.25, 0.3) is 0 Å². The molecule has 2 aliphatic heterocycles. The van der Waals surface area contributed by atoms with Crippen molar-refractivity contribution in [2.75, 3.05) is 4.90 Å². The van der Waals surface area contributed by atoms with Crippen molar-refractivity contribution < 1.29 is 14.4 Å². The van der Waals surface area contributed by atoms with Gasteiger partial charge in [0, 0.05) is 16.6 Å². The Kier molecular flexibility index (Phi) is 2.95. The quantitative estimate of drug-likeness (QED) is 0.777. The van der Waals surface area contributed by atoms with E-state index in [1.807, 2.05) is 18.2 Å². The summed E-state index contributed by atoms with van der Waals surface area (Å²) in [5.74, 6) is -0.613. The minimum Gasteiger partial charge on any atom is -0.299 e. The van der Waals surface area contributed by atoms with Crippen molar-refractivity contribution in [3.8, 4) is 0 Å². The molecule has 1 aromatic rings. The van der Waals surface area contributed by atoms with E-state index in [9.17, 15) is 14.4 Å². The largest absolute Gasteiger partial charge is 0.299 e. The van der Waals surface area contributed by atoms with Crippen LogP contribution in [0, 0.1) is 0 Å². The van der Waals surface area contributed by atoms with Crippen LogP contribution in [0.4, 0.5) is 5.69 Å². The van der Waals surface area contributed by atoms with Crippen molar-refractivity contribution >= 4 is 39.3 Å². The van der Waals surface area contributed by atoms with E-state index >= 15 is 0 Å². The van der Waals surface area contributed by atoms with Crippen molar-refractivity contribution in [2.24, 2.45) is 0 Å². The molecule has 1 saturated carbocycles. The van der Waals surface area contributed by atoms with Crippen LogP contribution in [-0.2, 0) is 19.8 Å². The Labute approximate surface area is 136 Å². The van der Waals surface area contributed by atoms with E-state index < -0.39 is 11.5 Å². The molecule has 3 amide bonds. The number of fused-ring (bicyclic) bond motifs is 2. The first-order chi connectivity index (χ1) is 10.5. The number of carbonyl (C=O) groups is 3. The molecule has 0 aromatic heterocycles. The summed E-state index contributed by atoms with van der Waals surface area (Å²) < 4.78 is 0.940. The number of amides is 3. The third-order valence-corrected chi connectivity index (χ3v) is 5.58. The van der Waals surface area contributed by atoms with Crippen LogP contribution in [0.5, 0.6) is 0 Å². The summed E-state index contributed by atoms with van der Waals surface area (Å²) in [6.45, 7) is 0. The number of imide groups is 1. The van der Waals surface area contributed by atoms with Crippen LogP contribution < -0.4 is 10.2 Å². The molecule has 2 heterocycles. The summed E-state index contributed by atoms with van der Waals surface area (Å²) in [6, 6.07) is 5.21. The van der Waals surface area contributed by atoms with Gasteiger partial charge in [0.2, 0.25) is 17.7 Å². The zero-order valence-electron chi connectivity index (χ0n) is 11.9. The second kappa shape index (κ2) is 4.65. The summed E-state index contributed by atoms with van der Waals surface area (Å²) in [5.41, 5.74) is 1.38. The summed E-state index contributed by atoms with van der Waals surface area (Å²) in [6.07, 6.45) is 3.36. The summed E-state index contributed by atoms with van der Waals surface area (Å²) in [5, 5.41) is 2.35. The normalized spacial score (nSPS) is 26.0. The molecule has 114 valence electrons. The lowest BCUT2D eigenvalue weighted by molar-refractivity contribution is -0.136. The molecule has 0 bridgehead atoms. The number of anilines is 1. The molecule has 22 heavy (non-hydrogen) atoms. The molecule has 2 fully saturated rings. The lowest BCUT2D eigenvalue weighted by Crippen LogP contribution is -2.56. The van der Waals surface area contributed by atoms with E-state index in [1.54, 1.807) is 4.90 Å². The fourth-order valence-electron chi connectivity index (χ4n) is 3.81. The van der Waals surface area contributed by atoms with Gasteiger partial charge >= 0.3 is 0 Å². The first-order valence-corrected chi connectivity index (χ1v) is 8.30. The summed E-state index contributed by atoms with van der Waals surface area (Å²) in [7, 11) is 0. The Bertz CT molecular complexity index is 711. The third kappa shape index (κ3) is 1.73. The fourth-order valence-corrected chi connectivity index (χ4v) is 4.17. The van der Waals surface area contributed by atoms with Crippen LogP contribution >= 0.6 is 15.9 Å². The van der Waals surface area contributed by atoms with E-state index in [4.69, 9.17) is 0 Å². The smallest absolute Gasteiger partial charge is 0.249 e. The second-order valence-corrected chi connectivity index (χ2v) is 7.15. The minimum absolute atomic E-state index is 0.0151. The van der Waals surface area contributed by atoms with E-state index in [0.717, 1.165) is 35.0 Å². The van der Waals surface area contributed by atoms with Gasteiger partial charge in [-0.25, -0.2) is 0 Å². The van der Waals surface area contributed by atoms with E-state index in [0.29, 0.717) is 6.42 Å². The highest BCUT2D eigenvalue weighted by Crippen LogP contribution is 2.54.